The van der Waals surface area contributed by atoms with Crippen LogP contribution >= 0.6 is 11.8 Å². The predicted octanol–water partition coefficient (Wildman–Crippen LogP) is 4.56. The van der Waals surface area contributed by atoms with Gasteiger partial charge in [0.15, 0.2) is 0 Å². The molecule has 0 aliphatic carbocycles. The Morgan fingerprint density at radius 1 is 1.25 bits per heavy atom. The van der Waals surface area contributed by atoms with Gasteiger partial charge in [-0.15, -0.1) is 11.8 Å². The van der Waals surface area contributed by atoms with Crippen LogP contribution in [0, 0.1) is 11.8 Å². The molecule has 1 rings (SSSR count). The first-order valence-corrected chi connectivity index (χ1v) is 7.87. The number of esters is 1. The molecule has 0 saturated heterocycles. The van der Waals surface area contributed by atoms with Gasteiger partial charge in [0.2, 0.25) is 0 Å². The number of allylic oxidation sites excluding steroid dienone is 1. The summed E-state index contributed by atoms with van der Waals surface area (Å²) in [7, 11) is 1.42. The summed E-state index contributed by atoms with van der Waals surface area (Å²) in [5.41, 5.74) is 0. The third-order valence-corrected chi connectivity index (χ3v) is 4.93. The third kappa shape index (κ3) is 5.83. The van der Waals surface area contributed by atoms with E-state index in [9.17, 15) is 4.79 Å². The van der Waals surface area contributed by atoms with Gasteiger partial charge in [0.25, 0.3) is 0 Å². The third-order valence-electron chi connectivity index (χ3n) is 3.14. The van der Waals surface area contributed by atoms with Gasteiger partial charge in [-0.3, -0.25) is 4.79 Å². The highest BCUT2D eigenvalue weighted by molar-refractivity contribution is 8.00. The number of carbonyl (C=O) groups is 1. The number of rotatable bonds is 7. The Morgan fingerprint density at radius 2 is 1.90 bits per heavy atom. The van der Waals surface area contributed by atoms with Crippen LogP contribution in [0.15, 0.2) is 47.4 Å². The normalized spacial score (nSPS) is 14.4. The fourth-order valence-corrected chi connectivity index (χ4v) is 3.28. The minimum atomic E-state index is -0.190. The molecule has 2 atom stereocenters. The maximum atomic E-state index is 11.1. The lowest BCUT2D eigenvalue weighted by Crippen LogP contribution is -2.19. The molecule has 20 heavy (non-hydrogen) atoms. The Kier molecular flexibility index (Phi) is 7.45. The lowest BCUT2D eigenvalue weighted by Gasteiger charge is -2.25. The van der Waals surface area contributed by atoms with E-state index in [1.165, 1.54) is 12.0 Å². The Labute approximate surface area is 126 Å². The van der Waals surface area contributed by atoms with Crippen molar-refractivity contribution in [1.29, 1.82) is 0 Å². The van der Waals surface area contributed by atoms with E-state index in [4.69, 9.17) is 0 Å². The Hall–Kier alpha value is -1.22. The van der Waals surface area contributed by atoms with Gasteiger partial charge in [-0.2, -0.15) is 0 Å². The summed E-state index contributed by atoms with van der Waals surface area (Å²) in [5.74, 6) is 0.785. The number of methoxy groups -OCH3 is 1. The standard InChI is InChI=1S/C17H24O2S/c1-13(2)17(20-15-10-6-5-7-11-15)14(3)9-8-12-16(18)19-4/h5-11,13-14,17H,12H2,1-4H3/b9-8+/t14-,17-/m0/s1. The summed E-state index contributed by atoms with van der Waals surface area (Å²) >= 11 is 1.90. The molecule has 0 unspecified atom stereocenters. The van der Waals surface area contributed by atoms with Crippen LogP contribution in [0.4, 0.5) is 0 Å². The van der Waals surface area contributed by atoms with E-state index >= 15 is 0 Å². The molecule has 2 nitrogen and oxygen atoms in total. The van der Waals surface area contributed by atoms with Crippen molar-refractivity contribution in [2.75, 3.05) is 7.11 Å². The summed E-state index contributed by atoms with van der Waals surface area (Å²) in [5, 5.41) is 0.492. The van der Waals surface area contributed by atoms with Crippen molar-refractivity contribution in [2.24, 2.45) is 11.8 Å². The zero-order valence-electron chi connectivity index (χ0n) is 12.7. The van der Waals surface area contributed by atoms with E-state index in [0.29, 0.717) is 23.5 Å². The highest BCUT2D eigenvalue weighted by Gasteiger charge is 2.20. The van der Waals surface area contributed by atoms with E-state index in [2.05, 4.69) is 55.8 Å². The molecular weight excluding hydrogens is 268 g/mol. The fourth-order valence-electron chi connectivity index (χ4n) is 2.08. The van der Waals surface area contributed by atoms with Gasteiger partial charge in [0, 0.05) is 10.1 Å². The van der Waals surface area contributed by atoms with Crippen molar-refractivity contribution in [3.63, 3.8) is 0 Å². The average molecular weight is 292 g/mol. The molecule has 0 heterocycles. The second-order valence-electron chi connectivity index (χ2n) is 5.21. The maximum Gasteiger partial charge on any atom is 0.309 e. The summed E-state index contributed by atoms with van der Waals surface area (Å²) in [6.07, 6.45) is 4.39. The molecule has 0 spiro atoms. The van der Waals surface area contributed by atoms with Crippen molar-refractivity contribution in [3.8, 4) is 0 Å². The second-order valence-corrected chi connectivity index (χ2v) is 6.46. The first kappa shape index (κ1) is 16.8. The minimum absolute atomic E-state index is 0.190. The molecule has 0 aliphatic heterocycles. The van der Waals surface area contributed by atoms with E-state index in [1.54, 1.807) is 0 Å². The maximum absolute atomic E-state index is 11.1. The van der Waals surface area contributed by atoms with E-state index in [0.717, 1.165) is 0 Å². The first-order chi connectivity index (χ1) is 9.54. The molecule has 0 aliphatic rings. The molecule has 0 aromatic heterocycles. The highest BCUT2D eigenvalue weighted by atomic mass is 32.2. The van der Waals surface area contributed by atoms with Gasteiger partial charge in [-0.25, -0.2) is 0 Å². The Morgan fingerprint density at radius 3 is 2.45 bits per heavy atom. The van der Waals surface area contributed by atoms with Crippen molar-refractivity contribution in [2.45, 2.75) is 37.3 Å². The predicted molar refractivity (Wildman–Crippen MR) is 85.9 cm³/mol. The van der Waals surface area contributed by atoms with Crippen molar-refractivity contribution in [3.05, 3.63) is 42.5 Å². The molecule has 0 radical (unpaired) electrons. The quantitative estimate of drug-likeness (QED) is 0.419. The van der Waals surface area contributed by atoms with Crippen molar-refractivity contribution < 1.29 is 9.53 Å². The smallest absolute Gasteiger partial charge is 0.309 e. The summed E-state index contributed by atoms with van der Waals surface area (Å²) in [4.78, 5) is 12.4. The highest BCUT2D eigenvalue weighted by Crippen LogP contribution is 2.33. The van der Waals surface area contributed by atoms with Gasteiger partial charge in [0.1, 0.15) is 0 Å². The summed E-state index contributed by atoms with van der Waals surface area (Å²) in [6.45, 7) is 6.69. The number of hydrogen-bond donors (Lipinski definition) is 0. The van der Waals surface area contributed by atoms with Crippen molar-refractivity contribution >= 4 is 17.7 Å². The second kappa shape index (κ2) is 8.85. The van der Waals surface area contributed by atoms with E-state index in [-0.39, 0.29) is 5.97 Å². The lowest BCUT2D eigenvalue weighted by atomic mass is 9.97. The monoisotopic (exact) mass is 292 g/mol. The molecule has 0 amide bonds. The largest absolute Gasteiger partial charge is 0.469 e. The molecule has 0 fully saturated rings. The van der Waals surface area contributed by atoms with Gasteiger partial charge < -0.3 is 4.74 Å². The van der Waals surface area contributed by atoms with Crippen LogP contribution < -0.4 is 0 Å². The number of benzene rings is 1. The van der Waals surface area contributed by atoms with Crippen LogP contribution in [0.3, 0.4) is 0 Å². The number of thioether (sulfide) groups is 1. The van der Waals surface area contributed by atoms with Crippen LogP contribution in [0.1, 0.15) is 27.2 Å². The van der Waals surface area contributed by atoms with Crippen molar-refractivity contribution in [1.82, 2.24) is 0 Å². The molecular formula is C17H24O2S. The van der Waals surface area contributed by atoms with Crippen LogP contribution in [-0.2, 0) is 9.53 Å². The topological polar surface area (TPSA) is 26.3 Å². The number of hydrogen-bond acceptors (Lipinski definition) is 3. The lowest BCUT2D eigenvalue weighted by molar-refractivity contribution is -0.139. The SMILES string of the molecule is COC(=O)C/C=C/[C@H](C)[C@@H](Sc1ccccc1)C(C)C. The molecule has 1 aromatic rings. The zero-order chi connectivity index (χ0) is 15.0. The van der Waals surface area contributed by atoms with Gasteiger partial charge in [-0.05, 0) is 24.0 Å². The van der Waals surface area contributed by atoms with Crippen LogP contribution in [0.5, 0.6) is 0 Å². The Bertz CT molecular complexity index is 426. The molecule has 0 N–H and O–H groups in total. The average Bonchev–Trinajstić information content (AvgIpc) is 2.45. The van der Waals surface area contributed by atoms with Crippen LogP contribution in [0.25, 0.3) is 0 Å². The molecule has 1 aromatic carbocycles. The van der Waals surface area contributed by atoms with E-state index < -0.39 is 0 Å². The first-order valence-electron chi connectivity index (χ1n) is 6.99. The fraction of sp³-hybridized carbons (Fsp3) is 0.471. The van der Waals surface area contributed by atoms with Crippen LogP contribution in [-0.4, -0.2) is 18.3 Å². The van der Waals surface area contributed by atoms with E-state index in [1.807, 2.05) is 23.9 Å². The minimum Gasteiger partial charge on any atom is -0.469 e. The zero-order valence-corrected chi connectivity index (χ0v) is 13.5. The Balaban J connectivity index is 2.63. The molecule has 0 bridgehead atoms. The van der Waals surface area contributed by atoms with Gasteiger partial charge in [-0.1, -0.05) is 51.1 Å². The molecule has 0 saturated carbocycles. The number of carbonyl (C=O) groups excluding carboxylic acids is 1. The van der Waals surface area contributed by atoms with Crippen LogP contribution in [0.2, 0.25) is 0 Å². The molecule has 3 heteroatoms. The summed E-state index contributed by atoms with van der Waals surface area (Å²) in [6, 6.07) is 10.5. The molecule has 110 valence electrons. The van der Waals surface area contributed by atoms with Gasteiger partial charge >= 0.3 is 5.97 Å². The summed E-state index contributed by atoms with van der Waals surface area (Å²) < 4.78 is 4.64. The van der Waals surface area contributed by atoms with Gasteiger partial charge in [0.05, 0.1) is 13.5 Å². The number of ether oxygens (including phenoxy) is 1.